The molecular formula is C22H38N. The number of nitrogens with one attached hydrogen (secondary N) is 1. The van der Waals surface area contributed by atoms with Crippen LogP contribution >= 0.6 is 0 Å². The van der Waals surface area contributed by atoms with Gasteiger partial charge in [0.05, 0.1) is 5.69 Å². The van der Waals surface area contributed by atoms with Gasteiger partial charge in [-0.05, 0) is 36.8 Å². The Morgan fingerprint density at radius 1 is 0.609 bits per heavy atom. The maximum absolute atomic E-state index is 8.44. The molecule has 131 valence electrons. The Balaban J connectivity index is 2.27. The summed E-state index contributed by atoms with van der Waals surface area (Å²) in [5.74, 6) is 0. The van der Waals surface area contributed by atoms with Gasteiger partial charge in [0, 0.05) is 0 Å². The summed E-state index contributed by atoms with van der Waals surface area (Å²) in [7, 11) is 0. The van der Waals surface area contributed by atoms with Crippen molar-refractivity contribution in [2.45, 2.75) is 104 Å². The van der Waals surface area contributed by atoms with Crippen molar-refractivity contribution in [2.24, 2.45) is 0 Å². The average Bonchev–Trinajstić information content (AvgIpc) is 2.56. The standard InChI is InChI=1S/C22H38N/c1-3-5-7-9-11-13-16-20-18-15-19-21(22(20)23)17-14-12-10-8-6-4-2/h15,18-19,23H,3-14,16-17H2,1-2H3. The first-order valence-corrected chi connectivity index (χ1v) is 10.1. The highest BCUT2D eigenvalue weighted by molar-refractivity contribution is 5.50. The van der Waals surface area contributed by atoms with Crippen molar-refractivity contribution in [3.8, 4) is 0 Å². The Labute approximate surface area is 145 Å². The normalized spacial score (nSPS) is 11.0. The van der Waals surface area contributed by atoms with Gasteiger partial charge in [-0.3, -0.25) is 0 Å². The molecule has 0 aliphatic rings. The minimum absolute atomic E-state index is 0.828. The van der Waals surface area contributed by atoms with Crippen LogP contribution in [-0.2, 0) is 12.8 Å². The third-order valence-electron chi connectivity index (χ3n) is 4.84. The fourth-order valence-electron chi connectivity index (χ4n) is 3.26. The summed E-state index contributed by atoms with van der Waals surface area (Å²) in [5.41, 5.74) is 11.8. The van der Waals surface area contributed by atoms with Gasteiger partial charge < -0.3 is 5.73 Å². The van der Waals surface area contributed by atoms with E-state index < -0.39 is 0 Å². The molecule has 0 unspecified atom stereocenters. The lowest BCUT2D eigenvalue weighted by Crippen LogP contribution is -1.95. The first kappa shape index (κ1) is 20.1. The second kappa shape index (κ2) is 13.5. The molecule has 1 rings (SSSR count). The van der Waals surface area contributed by atoms with Crippen molar-refractivity contribution in [3.05, 3.63) is 29.3 Å². The van der Waals surface area contributed by atoms with E-state index in [-0.39, 0.29) is 0 Å². The molecule has 1 heteroatoms. The fraction of sp³-hybridized carbons (Fsp3) is 0.727. The molecule has 0 fully saturated rings. The molecule has 1 aromatic rings. The van der Waals surface area contributed by atoms with E-state index in [1.54, 1.807) is 0 Å². The summed E-state index contributed by atoms with van der Waals surface area (Å²) in [5, 5.41) is 0. The lowest BCUT2D eigenvalue weighted by molar-refractivity contribution is 0.605. The van der Waals surface area contributed by atoms with Gasteiger partial charge in [-0.1, -0.05) is 96.3 Å². The van der Waals surface area contributed by atoms with Crippen LogP contribution in [0, 0.1) is 0 Å². The maximum Gasteiger partial charge on any atom is 0.0603 e. The molecule has 0 heterocycles. The molecule has 1 aromatic carbocycles. The van der Waals surface area contributed by atoms with Crippen LogP contribution in [0.2, 0.25) is 0 Å². The van der Waals surface area contributed by atoms with Gasteiger partial charge >= 0.3 is 0 Å². The molecule has 0 aliphatic heterocycles. The molecule has 0 amide bonds. The van der Waals surface area contributed by atoms with Gasteiger partial charge in [0.1, 0.15) is 0 Å². The largest absolute Gasteiger partial charge is 0.300 e. The van der Waals surface area contributed by atoms with Crippen molar-refractivity contribution >= 4 is 5.69 Å². The minimum Gasteiger partial charge on any atom is -0.300 e. The van der Waals surface area contributed by atoms with Crippen LogP contribution in [-0.4, -0.2) is 0 Å². The smallest absolute Gasteiger partial charge is 0.0603 e. The zero-order chi connectivity index (χ0) is 16.8. The first-order chi connectivity index (χ1) is 11.3. The minimum atomic E-state index is 0.828. The topological polar surface area (TPSA) is 23.8 Å². The highest BCUT2D eigenvalue weighted by Gasteiger charge is 2.05. The van der Waals surface area contributed by atoms with E-state index in [0.717, 1.165) is 18.5 Å². The summed E-state index contributed by atoms with van der Waals surface area (Å²) >= 11 is 0. The number of rotatable bonds is 14. The fourth-order valence-corrected chi connectivity index (χ4v) is 3.26. The molecular weight excluding hydrogens is 278 g/mol. The van der Waals surface area contributed by atoms with Crippen molar-refractivity contribution in [1.82, 2.24) is 5.73 Å². The van der Waals surface area contributed by atoms with E-state index in [1.807, 2.05) is 0 Å². The summed E-state index contributed by atoms with van der Waals surface area (Å²) in [6, 6.07) is 6.50. The summed E-state index contributed by atoms with van der Waals surface area (Å²) < 4.78 is 0. The number of aryl methyl sites for hydroxylation is 2. The van der Waals surface area contributed by atoms with E-state index >= 15 is 0 Å². The second-order valence-corrected chi connectivity index (χ2v) is 6.99. The van der Waals surface area contributed by atoms with Gasteiger partial charge in [-0.25, -0.2) is 0 Å². The Morgan fingerprint density at radius 2 is 1.00 bits per heavy atom. The molecule has 0 aliphatic carbocycles. The van der Waals surface area contributed by atoms with E-state index in [0.29, 0.717) is 0 Å². The summed E-state index contributed by atoms with van der Waals surface area (Å²) in [6.07, 6.45) is 18.2. The quantitative estimate of drug-likeness (QED) is 0.319. The lowest BCUT2D eigenvalue weighted by atomic mass is 9.97. The summed E-state index contributed by atoms with van der Waals surface area (Å²) in [4.78, 5) is 0. The van der Waals surface area contributed by atoms with Gasteiger partial charge in [0.2, 0.25) is 0 Å². The van der Waals surface area contributed by atoms with Crippen molar-refractivity contribution < 1.29 is 0 Å². The number of unbranched alkanes of at least 4 members (excludes halogenated alkanes) is 10. The van der Waals surface area contributed by atoms with Crippen LogP contribution in [0.4, 0.5) is 5.69 Å². The van der Waals surface area contributed by atoms with Gasteiger partial charge in [0.15, 0.2) is 0 Å². The van der Waals surface area contributed by atoms with E-state index in [9.17, 15) is 0 Å². The Kier molecular flexibility index (Phi) is 11.7. The number of hydrogen-bond acceptors (Lipinski definition) is 0. The second-order valence-electron chi connectivity index (χ2n) is 6.99. The monoisotopic (exact) mass is 316 g/mol. The van der Waals surface area contributed by atoms with Gasteiger partial charge in [-0.2, -0.15) is 0 Å². The average molecular weight is 317 g/mol. The van der Waals surface area contributed by atoms with Crippen LogP contribution in [0.5, 0.6) is 0 Å². The van der Waals surface area contributed by atoms with E-state index in [4.69, 9.17) is 5.73 Å². The molecule has 0 aromatic heterocycles. The predicted octanol–water partition coefficient (Wildman–Crippen LogP) is 7.41. The third kappa shape index (κ3) is 9.03. The molecule has 1 radical (unpaired) electrons. The van der Waals surface area contributed by atoms with Crippen LogP contribution in [0.25, 0.3) is 0 Å². The van der Waals surface area contributed by atoms with Crippen LogP contribution in [0.3, 0.4) is 0 Å². The van der Waals surface area contributed by atoms with Crippen molar-refractivity contribution in [2.75, 3.05) is 0 Å². The number of hydrogen-bond donors (Lipinski definition) is 0. The van der Waals surface area contributed by atoms with Gasteiger partial charge in [-0.15, -0.1) is 0 Å². The molecule has 23 heavy (non-hydrogen) atoms. The first-order valence-electron chi connectivity index (χ1n) is 10.1. The highest BCUT2D eigenvalue weighted by Crippen LogP contribution is 2.23. The molecule has 0 saturated carbocycles. The SMILES string of the molecule is CCCCCCCCc1cccc(CCCCCCCC)c1[NH]. The van der Waals surface area contributed by atoms with E-state index in [1.165, 1.54) is 88.2 Å². The highest BCUT2D eigenvalue weighted by atomic mass is 14.6. The molecule has 0 saturated heterocycles. The molecule has 0 spiro atoms. The zero-order valence-electron chi connectivity index (χ0n) is 15.6. The molecule has 0 atom stereocenters. The Hall–Kier alpha value is -0.980. The third-order valence-corrected chi connectivity index (χ3v) is 4.84. The van der Waals surface area contributed by atoms with Crippen LogP contribution in [0.15, 0.2) is 18.2 Å². The van der Waals surface area contributed by atoms with Crippen molar-refractivity contribution in [3.63, 3.8) is 0 Å². The maximum atomic E-state index is 8.44. The van der Waals surface area contributed by atoms with E-state index in [2.05, 4.69) is 32.0 Å². The van der Waals surface area contributed by atoms with Crippen molar-refractivity contribution in [1.29, 1.82) is 0 Å². The zero-order valence-corrected chi connectivity index (χ0v) is 15.6. The van der Waals surface area contributed by atoms with Crippen LogP contribution < -0.4 is 5.73 Å². The lowest BCUT2D eigenvalue weighted by Gasteiger charge is -2.10. The molecule has 1 nitrogen and oxygen atoms in total. The van der Waals surface area contributed by atoms with Crippen LogP contribution in [0.1, 0.15) is 102 Å². The predicted molar refractivity (Wildman–Crippen MR) is 103 cm³/mol. The Morgan fingerprint density at radius 3 is 1.43 bits per heavy atom. The number of benzene rings is 1. The van der Waals surface area contributed by atoms with Gasteiger partial charge in [0.25, 0.3) is 0 Å². The molecule has 0 bridgehead atoms. The summed E-state index contributed by atoms with van der Waals surface area (Å²) in [6.45, 7) is 4.53. The Bertz CT molecular complexity index is 363. The molecule has 1 N–H and O–H groups in total.